The average Bonchev–Trinajstić information content (AvgIpc) is 3.20. The van der Waals surface area contributed by atoms with E-state index in [1.807, 2.05) is 21.1 Å². The van der Waals surface area contributed by atoms with Crippen molar-refractivity contribution in [2.24, 2.45) is 0 Å². The topological polar surface area (TPSA) is 91.3 Å². The van der Waals surface area contributed by atoms with Crippen molar-refractivity contribution in [3.05, 3.63) is 48.6 Å². The number of esters is 1. The van der Waals surface area contributed by atoms with Gasteiger partial charge in [-0.2, -0.15) is 0 Å². The maximum atomic E-state index is 12.7. The predicted octanol–water partition coefficient (Wildman–Crippen LogP) is 15.1. The summed E-state index contributed by atoms with van der Waals surface area (Å²) in [5, 5.41) is 0. The standard InChI is InChI=1S/C51H96NO7P/c1-6-8-10-12-14-16-18-20-22-24-25-26-27-28-29-30-32-34-36-38-40-42-44-51(53)59-50(49-58-60(54,55)57-47-45-52(3,4)5)48-56-46-43-41-39-37-35-33-31-23-21-19-17-15-13-11-9-7-2/h9,11,15,17,21,23,33,35,50H,6-8,10,12-14,16,18-20,22,24-32,34,36-49H2,1-5H3/p+1/b11-9-,17-15-,23-21-,35-33-. The number of phosphoric acid groups is 1. The van der Waals surface area contributed by atoms with Crippen LogP contribution in [0.2, 0.25) is 0 Å². The van der Waals surface area contributed by atoms with Gasteiger partial charge in [-0.05, 0) is 51.4 Å². The van der Waals surface area contributed by atoms with E-state index in [2.05, 4.69) is 62.5 Å². The molecule has 0 aliphatic heterocycles. The van der Waals surface area contributed by atoms with Gasteiger partial charge in [0, 0.05) is 13.0 Å². The fraction of sp³-hybridized carbons (Fsp3) is 0.824. The van der Waals surface area contributed by atoms with Crippen molar-refractivity contribution in [1.82, 2.24) is 0 Å². The van der Waals surface area contributed by atoms with Crippen molar-refractivity contribution in [3.8, 4) is 0 Å². The lowest BCUT2D eigenvalue weighted by Gasteiger charge is -2.24. The van der Waals surface area contributed by atoms with E-state index in [9.17, 15) is 14.3 Å². The Morgan fingerprint density at radius 2 is 0.967 bits per heavy atom. The molecule has 0 fully saturated rings. The summed E-state index contributed by atoms with van der Waals surface area (Å²) >= 11 is 0. The Balaban J connectivity index is 4.16. The summed E-state index contributed by atoms with van der Waals surface area (Å²) < 4.78 is 35.1. The third-order valence-electron chi connectivity index (χ3n) is 10.7. The molecule has 0 spiro atoms. The summed E-state index contributed by atoms with van der Waals surface area (Å²) in [6, 6.07) is 0. The lowest BCUT2D eigenvalue weighted by molar-refractivity contribution is -0.870. The molecule has 352 valence electrons. The normalized spacial score (nSPS) is 14.0. The average molecular weight is 867 g/mol. The zero-order valence-corrected chi connectivity index (χ0v) is 40.8. The molecule has 8 nitrogen and oxygen atoms in total. The fourth-order valence-corrected chi connectivity index (χ4v) is 7.58. The Labute approximate surface area is 371 Å². The monoisotopic (exact) mass is 867 g/mol. The van der Waals surface area contributed by atoms with Gasteiger partial charge in [0.2, 0.25) is 0 Å². The van der Waals surface area contributed by atoms with Crippen LogP contribution in [0.25, 0.3) is 0 Å². The molecule has 60 heavy (non-hydrogen) atoms. The quantitative estimate of drug-likeness (QED) is 0.0214. The molecule has 9 heteroatoms. The van der Waals surface area contributed by atoms with Gasteiger partial charge >= 0.3 is 13.8 Å². The Morgan fingerprint density at radius 1 is 0.533 bits per heavy atom. The van der Waals surface area contributed by atoms with Crippen molar-refractivity contribution in [3.63, 3.8) is 0 Å². The van der Waals surface area contributed by atoms with E-state index in [0.29, 0.717) is 24.1 Å². The first-order valence-corrected chi connectivity index (χ1v) is 26.4. The van der Waals surface area contributed by atoms with Crippen molar-refractivity contribution >= 4 is 13.8 Å². The van der Waals surface area contributed by atoms with Crippen LogP contribution in [-0.4, -0.2) is 75.6 Å². The number of ether oxygens (including phenoxy) is 2. The number of rotatable bonds is 46. The van der Waals surface area contributed by atoms with Gasteiger partial charge in [-0.1, -0.05) is 204 Å². The zero-order chi connectivity index (χ0) is 44.1. The van der Waals surface area contributed by atoms with Gasteiger partial charge < -0.3 is 18.9 Å². The predicted molar refractivity (Wildman–Crippen MR) is 256 cm³/mol. The lowest BCUT2D eigenvalue weighted by atomic mass is 10.0. The van der Waals surface area contributed by atoms with Gasteiger partial charge in [-0.25, -0.2) is 4.57 Å². The molecule has 0 saturated carbocycles. The minimum Gasteiger partial charge on any atom is -0.457 e. The molecule has 0 aromatic rings. The first-order valence-electron chi connectivity index (χ1n) is 24.9. The van der Waals surface area contributed by atoms with Crippen LogP contribution in [0.1, 0.15) is 213 Å². The number of allylic oxidation sites excluding steroid dienone is 8. The molecule has 2 atom stereocenters. The van der Waals surface area contributed by atoms with E-state index < -0.39 is 13.9 Å². The molecule has 0 rings (SSSR count). The second-order valence-corrected chi connectivity index (χ2v) is 19.3. The van der Waals surface area contributed by atoms with Crippen LogP contribution in [0.15, 0.2) is 48.6 Å². The molecule has 0 aromatic carbocycles. The largest absolute Gasteiger partial charge is 0.472 e. The van der Waals surface area contributed by atoms with Crippen LogP contribution in [0.3, 0.4) is 0 Å². The summed E-state index contributed by atoms with van der Waals surface area (Å²) in [6.07, 6.45) is 54.5. The number of carbonyl (C=O) groups excluding carboxylic acids is 1. The number of nitrogens with zero attached hydrogens (tertiary/aromatic N) is 1. The second-order valence-electron chi connectivity index (χ2n) is 17.8. The number of quaternary nitrogens is 1. The van der Waals surface area contributed by atoms with Gasteiger partial charge in [0.25, 0.3) is 0 Å². The third kappa shape index (κ3) is 47.5. The minimum atomic E-state index is -4.29. The first kappa shape index (κ1) is 58.5. The molecule has 0 aromatic heterocycles. The van der Waals surface area contributed by atoms with Crippen LogP contribution in [-0.2, 0) is 27.9 Å². The fourth-order valence-electron chi connectivity index (χ4n) is 6.84. The molecular formula is C51H97NO7P+. The highest BCUT2D eigenvalue weighted by Crippen LogP contribution is 2.43. The molecular weight excluding hydrogens is 770 g/mol. The van der Waals surface area contributed by atoms with E-state index in [-0.39, 0.29) is 25.8 Å². The lowest BCUT2D eigenvalue weighted by Crippen LogP contribution is -2.37. The van der Waals surface area contributed by atoms with E-state index >= 15 is 0 Å². The molecule has 0 bridgehead atoms. The van der Waals surface area contributed by atoms with Crippen LogP contribution in [0, 0.1) is 0 Å². The molecule has 0 aliphatic rings. The zero-order valence-electron chi connectivity index (χ0n) is 39.9. The highest BCUT2D eigenvalue weighted by molar-refractivity contribution is 7.47. The van der Waals surface area contributed by atoms with Gasteiger partial charge in [-0.3, -0.25) is 13.8 Å². The van der Waals surface area contributed by atoms with E-state index in [1.54, 1.807) is 0 Å². The number of likely N-dealkylation sites (N-methyl/N-ethyl adjacent to an activating group) is 1. The number of hydrogen-bond donors (Lipinski definition) is 1. The summed E-state index contributed by atoms with van der Waals surface area (Å²) in [5.41, 5.74) is 0. The van der Waals surface area contributed by atoms with Crippen molar-refractivity contribution in [2.45, 2.75) is 219 Å². The van der Waals surface area contributed by atoms with Gasteiger partial charge in [0.15, 0.2) is 0 Å². The Morgan fingerprint density at radius 3 is 1.43 bits per heavy atom. The second kappa shape index (κ2) is 44.1. The van der Waals surface area contributed by atoms with Crippen LogP contribution < -0.4 is 0 Å². The van der Waals surface area contributed by atoms with Crippen LogP contribution in [0.4, 0.5) is 0 Å². The van der Waals surface area contributed by atoms with Crippen molar-refractivity contribution in [2.75, 3.05) is 54.1 Å². The summed E-state index contributed by atoms with van der Waals surface area (Å²) in [7, 11) is 1.65. The van der Waals surface area contributed by atoms with Crippen molar-refractivity contribution < 1.29 is 37.3 Å². The van der Waals surface area contributed by atoms with E-state index in [0.717, 1.165) is 70.6 Å². The Hall–Kier alpha value is -1.54. The smallest absolute Gasteiger partial charge is 0.457 e. The summed E-state index contributed by atoms with van der Waals surface area (Å²) in [6.45, 7) is 5.46. The maximum absolute atomic E-state index is 12.7. The molecule has 0 radical (unpaired) electrons. The van der Waals surface area contributed by atoms with Crippen molar-refractivity contribution in [1.29, 1.82) is 0 Å². The number of unbranched alkanes of at least 4 members (excludes halogenated alkanes) is 24. The SMILES string of the molecule is CC/C=C\C/C=C\C/C=C\C/C=C\CCCCCOCC(COP(=O)(O)OCC[N+](C)(C)C)OC(=O)CCCCCCCCCCCCCCCCCCCCCCCC. The summed E-state index contributed by atoms with van der Waals surface area (Å²) in [5.74, 6) is -0.322. The van der Waals surface area contributed by atoms with E-state index in [1.165, 1.54) is 122 Å². The van der Waals surface area contributed by atoms with Crippen LogP contribution >= 0.6 is 7.82 Å². The Bertz CT molecular complexity index is 1100. The van der Waals surface area contributed by atoms with Gasteiger partial charge in [-0.15, -0.1) is 0 Å². The first-order chi connectivity index (χ1) is 29.1. The highest BCUT2D eigenvalue weighted by Gasteiger charge is 2.26. The van der Waals surface area contributed by atoms with E-state index in [4.69, 9.17) is 18.5 Å². The maximum Gasteiger partial charge on any atom is 0.472 e. The molecule has 1 N–H and O–H groups in total. The minimum absolute atomic E-state index is 0.0820. The van der Waals surface area contributed by atoms with Crippen LogP contribution in [0.5, 0.6) is 0 Å². The number of phosphoric ester groups is 1. The van der Waals surface area contributed by atoms with Gasteiger partial charge in [0.05, 0.1) is 34.4 Å². The molecule has 2 unspecified atom stereocenters. The number of hydrogen-bond acceptors (Lipinski definition) is 6. The Kier molecular flexibility index (Phi) is 43.0. The molecule has 0 amide bonds. The molecule has 0 saturated heterocycles. The third-order valence-corrected chi connectivity index (χ3v) is 11.6. The highest BCUT2D eigenvalue weighted by atomic mass is 31.2. The number of carbonyl (C=O) groups is 1. The molecule has 0 heterocycles. The van der Waals surface area contributed by atoms with Gasteiger partial charge in [0.1, 0.15) is 19.3 Å². The molecule has 0 aliphatic carbocycles. The summed E-state index contributed by atoms with van der Waals surface area (Å²) in [4.78, 5) is 23.0.